The lowest BCUT2D eigenvalue weighted by Gasteiger charge is -2.13. The average Bonchev–Trinajstić information content (AvgIpc) is 2.70. The van der Waals surface area contributed by atoms with Gasteiger partial charge in [0.2, 0.25) is 0 Å². The van der Waals surface area contributed by atoms with Crippen molar-refractivity contribution in [1.82, 2.24) is 9.97 Å². The molecule has 1 N–H and O–H groups in total. The monoisotopic (exact) mass is 390 g/mol. The van der Waals surface area contributed by atoms with Gasteiger partial charge in [0.05, 0.1) is 10.4 Å². The number of aryl methyl sites for hydroxylation is 1. The summed E-state index contributed by atoms with van der Waals surface area (Å²) in [6.07, 6.45) is 0. The maximum absolute atomic E-state index is 10.9. The first kappa shape index (κ1) is 17.9. The molecule has 4 rings (SSSR count). The summed E-state index contributed by atoms with van der Waals surface area (Å²) in [5.74, 6) is 1.15. The fraction of sp³-hybridized carbons (Fsp3) is 0.0476. The van der Waals surface area contributed by atoms with Crippen LogP contribution in [0.4, 0.5) is 17.2 Å². The number of non-ortho nitro benzene ring substituents is 1. The smallest absolute Gasteiger partial charge is 0.269 e. The Kier molecular flexibility index (Phi) is 4.63. The zero-order valence-electron chi connectivity index (χ0n) is 14.9. The first-order chi connectivity index (χ1) is 13.5. The molecule has 0 unspecified atom stereocenters. The molecule has 6 nitrogen and oxygen atoms in total. The summed E-state index contributed by atoms with van der Waals surface area (Å²) in [6.45, 7) is 1.97. The molecule has 1 aromatic heterocycles. The number of nitro benzene ring substituents is 1. The molecule has 0 atom stereocenters. The fourth-order valence-electron chi connectivity index (χ4n) is 2.93. The third kappa shape index (κ3) is 3.50. The van der Waals surface area contributed by atoms with Crippen LogP contribution in [-0.4, -0.2) is 14.9 Å². The van der Waals surface area contributed by atoms with Crippen molar-refractivity contribution in [3.63, 3.8) is 0 Å². The van der Waals surface area contributed by atoms with Gasteiger partial charge in [-0.25, -0.2) is 9.97 Å². The summed E-state index contributed by atoms with van der Waals surface area (Å²) in [6, 6.07) is 19.5. The Morgan fingerprint density at radius 3 is 2.46 bits per heavy atom. The van der Waals surface area contributed by atoms with Crippen molar-refractivity contribution >= 4 is 39.7 Å². The molecule has 0 aliphatic heterocycles. The number of hydrogen-bond donors (Lipinski definition) is 1. The molecule has 0 radical (unpaired) electrons. The van der Waals surface area contributed by atoms with Gasteiger partial charge < -0.3 is 5.32 Å². The Morgan fingerprint density at radius 2 is 1.75 bits per heavy atom. The maximum Gasteiger partial charge on any atom is 0.269 e. The standard InChI is InChI=1S/C21H15ClN4O2/c1-13-12-15(22)8-11-18(13)23-21-17-4-2-3-5-19(17)24-20(25-21)14-6-9-16(10-7-14)26(27)28/h2-12H,1H3,(H,23,24,25). The minimum atomic E-state index is -0.429. The highest BCUT2D eigenvalue weighted by Gasteiger charge is 2.12. The van der Waals surface area contributed by atoms with Gasteiger partial charge in [-0.2, -0.15) is 0 Å². The lowest BCUT2D eigenvalue weighted by atomic mass is 10.1. The zero-order valence-corrected chi connectivity index (χ0v) is 15.6. The van der Waals surface area contributed by atoms with Crippen LogP contribution in [0.25, 0.3) is 22.3 Å². The molecular weight excluding hydrogens is 376 g/mol. The van der Waals surface area contributed by atoms with E-state index in [1.807, 2.05) is 49.4 Å². The zero-order chi connectivity index (χ0) is 19.7. The Hall–Kier alpha value is -3.51. The molecule has 4 aromatic rings. The number of rotatable bonds is 4. The normalized spacial score (nSPS) is 10.8. The predicted octanol–water partition coefficient (Wildman–Crippen LogP) is 5.91. The van der Waals surface area contributed by atoms with E-state index < -0.39 is 4.92 Å². The van der Waals surface area contributed by atoms with Crippen LogP contribution in [0.1, 0.15) is 5.56 Å². The SMILES string of the molecule is Cc1cc(Cl)ccc1Nc1nc(-c2ccc([N+](=O)[O-])cc2)nc2ccccc12. The van der Waals surface area contributed by atoms with Crippen molar-refractivity contribution < 1.29 is 4.92 Å². The number of aromatic nitrogens is 2. The highest BCUT2D eigenvalue weighted by atomic mass is 35.5. The van der Waals surface area contributed by atoms with Crippen molar-refractivity contribution in [2.75, 3.05) is 5.32 Å². The van der Waals surface area contributed by atoms with Gasteiger partial charge in [0, 0.05) is 33.8 Å². The second-order valence-corrected chi connectivity index (χ2v) is 6.74. The first-order valence-electron chi connectivity index (χ1n) is 8.56. The van der Waals surface area contributed by atoms with E-state index in [1.54, 1.807) is 12.1 Å². The molecule has 1 heterocycles. The molecular formula is C21H15ClN4O2. The van der Waals surface area contributed by atoms with Crippen LogP contribution in [0.2, 0.25) is 5.02 Å². The molecule has 0 saturated carbocycles. The number of hydrogen-bond acceptors (Lipinski definition) is 5. The van der Waals surface area contributed by atoms with Crippen molar-refractivity contribution in [2.24, 2.45) is 0 Å². The molecule has 3 aromatic carbocycles. The Morgan fingerprint density at radius 1 is 1.00 bits per heavy atom. The maximum atomic E-state index is 10.9. The van der Waals surface area contributed by atoms with Gasteiger partial charge in [-0.1, -0.05) is 23.7 Å². The minimum absolute atomic E-state index is 0.0275. The van der Waals surface area contributed by atoms with E-state index in [0.29, 0.717) is 22.2 Å². The Bertz CT molecular complexity index is 1190. The van der Waals surface area contributed by atoms with Gasteiger partial charge in [0.15, 0.2) is 5.82 Å². The van der Waals surface area contributed by atoms with Crippen LogP contribution in [0.15, 0.2) is 66.7 Å². The third-order valence-electron chi connectivity index (χ3n) is 4.38. The number of anilines is 2. The van der Waals surface area contributed by atoms with E-state index in [1.165, 1.54) is 12.1 Å². The highest BCUT2D eigenvalue weighted by Crippen LogP contribution is 2.30. The number of para-hydroxylation sites is 1. The van der Waals surface area contributed by atoms with Crippen LogP contribution in [-0.2, 0) is 0 Å². The summed E-state index contributed by atoms with van der Waals surface area (Å²) in [4.78, 5) is 19.8. The quantitative estimate of drug-likeness (QED) is 0.346. The van der Waals surface area contributed by atoms with Gasteiger partial charge in [-0.05, 0) is 55.0 Å². The highest BCUT2D eigenvalue weighted by molar-refractivity contribution is 6.30. The summed E-state index contributed by atoms with van der Waals surface area (Å²) >= 11 is 6.05. The first-order valence-corrected chi connectivity index (χ1v) is 8.94. The van der Waals surface area contributed by atoms with Crippen molar-refractivity contribution in [2.45, 2.75) is 6.92 Å². The number of halogens is 1. The van der Waals surface area contributed by atoms with Crippen molar-refractivity contribution in [3.8, 4) is 11.4 Å². The van der Waals surface area contributed by atoms with Crippen LogP contribution in [0, 0.1) is 17.0 Å². The molecule has 0 aliphatic rings. The van der Waals surface area contributed by atoms with E-state index in [0.717, 1.165) is 22.2 Å². The number of nitrogens with one attached hydrogen (secondary N) is 1. The second-order valence-electron chi connectivity index (χ2n) is 6.30. The number of nitro groups is 1. The lowest BCUT2D eigenvalue weighted by Crippen LogP contribution is -2.00. The molecule has 138 valence electrons. The van der Waals surface area contributed by atoms with E-state index in [9.17, 15) is 10.1 Å². The molecule has 0 spiro atoms. The topological polar surface area (TPSA) is 81.0 Å². The predicted molar refractivity (Wildman–Crippen MR) is 111 cm³/mol. The van der Waals surface area contributed by atoms with Gasteiger partial charge in [-0.3, -0.25) is 10.1 Å². The molecule has 28 heavy (non-hydrogen) atoms. The van der Waals surface area contributed by atoms with Crippen LogP contribution >= 0.6 is 11.6 Å². The minimum Gasteiger partial charge on any atom is -0.339 e. The Labute approximate surface area is 166 Å². The molecule has 7 heteroatoms. The van der Waals surface area contributed by atoms with Crippen LogP contribution < -0.4 is 5.32 Å². The molecule has 0 aliphatic carbocycles. The van der Waals surface area contributed by atoms with Crippen LogP contribution in [0.3, 0.4) is 0 Å². The second kappa shape index (κ2) is 7.25. The van der Waals surface area contributed by atoms with Gasteiger partial charge >= 0.3 is 0 Å². The summed E-state index contributed by atoms with van der Waals surface area (Å²) in [5.41, 5.74) is 3.39. The summed E-state index contributed by atoms with van der Waals surface area (Å²) in [7, 11) is 0. The molecule has 0 fully saturated rings. The van der Waals surface area contributed by atoms with Gasteiger partial charge in [-0.15, -0.1) is 0 Å². The summed E-state index contributed by atoms with van der Waals surface area (Å²) in [5, 5.41) is 15.8. The largest absolute Gasteiger partial charge is 0.339 e. The fourth-order valence-corrected chi connectivity index (χ4v) is 3.15. The number of fused-ring (bicyclic) bond motifs is 1. The van der Waals surface area contributed by atoms with Gasteiger partial charge in [0.25, 0.3) is 5.69 Å². The van der Waals surface area contributed by atoms with E-state index in [2.05, 4.69) is 15.3 Å². The van der Waals surface area contributed by atoms with E-state index in [-0.39, 0.29) is 5.69 Å². The molecule has 0 amide bonds. The average molecular weight is 391 g/mol. The third-order valence-corrected chi connectivity index (χ3v) is 4.62. The summed E-state index contributed by atoms with van der Waals surface area (Å²) < 4.78 is 0. The van der Waals surface area contributed by atoms with Crippen molar-refractivity contribution in [1.29, 1.82) is 0 Å². The van der Waals surface area contributed by atoms with E-state index >= 15 is 0 Å². The van der Waals surface area contributed by atoms with Crippen LogP contribution in [0.5, 0.6) is 0 Å². The molecule has 0 saturated heterocycles. The van der Waals surface area contributed by atoms with Gasteiger partial charge in [0.1, 0.15) is 5.82 Å². The van der Waals surface area contributed by atoms with Crippen molar-refractivity contribution in [3.05, 3.63) is 87.4 Å². The molecule has 0 bridgehead atoms. The van der Waals surface area contributed by atoms with E-state index in [4.69, 9.17) is 11.6 Å². The number of nitrogens with zero attached hydrogens (tertiary/aromatic N) is 3. The number of benzene rings is 3. The Balaban J connectivity index is 1.82. The lowest BCUT2D eigenvalue weighted by molar-refractivity contribution is -0.384.